The van der Waals surface area contributed by atoms with Crippen LogP contribution in [0.15, 0.2) is 42.5 Å². The number of halogens is 1. The van der Waals surface area contributed by atoms with Crippen LogP contribution in [0.1, 0.15) is 5.56 Å². The van der Waals surface area contributed by atoms with Crippen LogP contribution < -0.4 is 5.73 Å². The van der Waals surface area contributed by atoms with Gasteiger partial charge in [-0.25, -0.2) is 4.39 Å². The van der Waals surface area contributed by atoms with Gasteiger partial charge in [0.15, 0.2) is 0 Å². The van der Waals surface area contributed by atoms with Gasteiger partial charge in [-0.2, -0.15) is 0 Å². The lowest BCUT2D eigenvalue weighted by atomic mass is 10.0. The molecule has 0 atom stereocenters. The Labute approximate surface area is 88.0 Å². The Kier molecular flexibility index (Phi) is 2.79. The standard InChI is InChI=1S/C13H12FN/c14-13-8-7-10(4-3-9-15)11-5-1-2-6-12(11)13/h1-8H,9,15H2. The normalized spacial score (nSPS) is 11.3. The molecule has 76 valence electrons. The summed E-state index contributed by atoms with van der Waals surface area (Å²) in [5.74, 6) is -0.185. The van der Waals surface area contributed by atoms with Crippen molar-refractivity contribution in [2.24, 2.45) is 5.73 Å². The molecule has 1 nitrogen and oxygen atoms in total. The Morgan fingerprint density at radius 3 is 2.53 bits per heavy atom. The first kappa shape index (κ1) is 9.87. The molecule has 2 N–H and O–H groups in total. The van der Waals surface area contributed by atoms with Gasteiger partial charge in [-0.05, 0) is 17.0 Å². The predicted molar refractivity (Wildman–Crippen MR) is 62.0 cm³/mol. The zero-order chi connectivity index (χ0) is 10.7. The maximum atomic E-state index is 13.4. The van der Waals surface area contributed by atoms with Crippen LogP contribution in [0.2, 0.25) is 0 Å². The first-order valence-electron chi connectivity index (χ1n) is 4.87. The Morgan fingerprint density at radius 2 is 1.80 bits per heavy atom. The highest BCUT2D eigenvalue weighted by molar-refractivity contribution is 5.90. The van der Waals surface area contributed by atoms with Gasteiger partial charge in [0.2, 0.25) is 0 Å². The second-order valence-corrected chi connectivity index (χ2v) is 3.32. The molecule has 0 aliphatic rings. The van der Waals surface area contributed by atoms with Gasteiger partial charge in [0.05, 0.1) is 0 Å². The Hall–Kier alpha value is -1.67. The maximum absolute atomic E-state index is 13.4. The first-order chi connectivity index (χ1) is 7.33. The summed E-state index contributed by atoms with van der Waals surface area (Å²) in [5.41, 5.74) is 6.39. The number of fused-ring (bicyclic) bond motifs is 1. The molecule has 0 saturated heterocycles. The van der Waals surface area contributed by atoms with Crippen LogP contribution in [0.4, 0.5) is 4.39 Å². The summed E-state index contributed by atoms with van der Waals surface area (Å²) >= 11 is 0. The predicted octanol–water partition coefficient (Wildman–Crippen LogP) is 2.95. The van der Waals surface area contributed by atoms with E-state index in [4.69, 9.17) is 5.73 Å². The summed E-state index contributed by atoms with van der Waals surface area (Å²) in [6.07, 6.45) is 3.78. The molecule has 0 fully saturated rings. The fourth-order valence-corrected chi connectivity index (χ4v) is 1.63. The summed E-state index contributed by atoms with van der Waals surface area (Å²) in [4.78, 5) is 0. The SMILES string of the molecule is NCC=Cc1ccc(F)c2ccccc12. The van der Waals surface area contributed by atoms with Gasteiger partial charge >= 0.3 is 0 Å². The number of nitrogens with two attached hydrogens (primary N) is 1. The quantitative estimate of drug-likeness (QED) is 0.794. The van der Waals surface area contributed by atoms with E-state index in [-0.39, 0.29) is 5.82 Å². The minimum Gasteiger partial charge on any atom is -0.327 e. The van der Waals surface area contributed by atoms with Crippen molar-refractivity contribution in [2.45, 2.75) is 0 Å². The van der Waals surface area contributed by atoms with E-state index in [9.17, 15) is 4.39 Å². The Balaban J connectivity index is 2.66. The van der Waals surface area contributed by atoms with Crippen LogP contribution >= 0.6 is 0 Å². The molecular formula is C13H12FN. The van der Waals surface area contributed by atoms with Crippen LogP contribution in [0.5, 0.6) is 0 Å². The monoisotopic (exact) mass is 201 g/mol. The highest BCUT2D eigenvalue weighted by atomic mass is 19.1. The highest BCUT2D eigenvalue weighted by Gasteiger charge is 2.02. The second kappa shape index (κ2) is 4.24. The molecule has 2 heteroatoms. The Bertz CT molecular complexity index is 503. The lowest BCUT2D eigenvalue weighted by Crippen LogP contribution is -1.92. The summed E-state index contributed by atoms with van der Waals surface area (Å²) in [7, 11) is 0. The van der Waals surface area contributed by atoms with Crippen molar-refractivity contribution in [3.05, 3.63) is 53.9 Å². The van der Waals surface area contributed by atoms with Crippen LogP contribution in [-0.2, 0) is 0 Å². The maximum Gasteiger partial charge on any atom is 0.131 e. The van der Waals surface area contributed by atoms with Crippen molar-refractivity contribution in [3.8, 4) is 0 Å². The zero-order valence-corrected chi connectivity index (χ0v) is 8.28. The van der Waals surface area contributed by atoms with Gasteiger partial charge < -0.3 is 5.73 Å². The van der Waals surface area contributed by atoms with Crippen molar-refractivity contribution < 1.29 is 4.39 Å². The number of hydrogen-bond acceptors (Lipinski definition) is 1. The van der Waals surface area contributed by atoms with Crippen LogP contribution in [0, 0.1) is 5.82 Å². The molecule has 0 unspecified atom stereocenters. The number of hydrogen-bond donors (Lipinski definition) is 1. The van der Waals surface area contributed by atoms with Crippen molar-refractivity contribution in [3.63, 3.8) is 0 Å². The second-order valence-electron chi connectivity index (χ2n) is 3.32. The average molecular weight is 201 g/mol. The van der Waals surface area contributed by atoms with Crippen molar-refractivity contribution in [1.29, 1.82) is 0 Å². The average Bonchev–Trinajstić information content (AvgIpc) is 2.29. The van der Waals surface area contributed by atoms with E-state index >= 15 is 0 Å². The van der Waals surface area contributed by atoms with E-state index in [1.807, 2.05) is 30.4 Å². The van der Waals surface area contributed by atoms with E-state index in [0.29, 0.717) is 11.9 Å². The van der Waals surface area contributed by atoms with Gasteiger partial charge in [-0.1, -0.05) is 42.5 Å². The molecule has 0 spiro atoms. The number of benzene rings is 2. The van der Waals surface area contributed by atoms with Crippen molar-refractivity contribution >= 4 is 16.8 Å². The first-order valence-corrected chi connectivity index (χ1v) is 4.87. The lowest BCUT2D eigenvalue weighted by molar-refractivity contribution is 0.640. The third kappa shape index (κ3) is 1.90. The molecule has 0 aliphatic heterocycles. The fourth-order valence-electron chi connectivity index (χ4n) is 1.63. The molecular weight excluding hydrogens is 189 g/mol. The molecule has 0 bridgehead atoms. The molecule has 0 amide bonds. The summed E-state index contributed by atoms with van der Waals surface area (Å²) in [5, 5.41) is 1.57. The highest BCUT2D eigenvalue weighted by Crippen LogP contribution is 2.22. The van der Waals surface area contributed by atoms with Crippen LogP contribution in [-0.4, -0.2) is 6.54 Å². The molecule has 0 heterocycles. The van der Waals surface area contributed by atoms with Gasteiger partial charge in [-0.15, -0.1) is 0 Å². The third-order valence-corrected chi connectivity index (χ3v) is 2.34. The lowest BCUT2D eigenvalue weighted by Gasteiger charge is -2.02. The molecule has 0 radical (unpaired) electrons. The van der Waals surface area contributed by atoms with Gasteiger partial charge in [0.1, 0.15) is 5.82 Å². The summed E-state index contributed by atoms with van der Waals surface area (Å²) in [6.45, 7) is 0.492. The van der Waals surface area contributed by atoms with Gasteiger partial charge in [-0.3, -0.25) is 0 Å². The molecule has 0 aromatic heterocycles. The minimum absolute atomic E-state index is 0.185. The third-order valence-electron chi connectivity index (χ3n) is 2.34. The molecule has 0 saturated carbocycles. The minimum atomic E-state index is -0.185. The van der Waals surface area contributed by atoms with Gasteiger partial charge in [0, 0.05) is 11.9 Å². The van der Waals surface area contributed by atoms with E-state index in [1.54, 1.807) is 12.1 Å². The van der Waals surface area contributed by atoms with E-state index < -0.39 is 0 Å². The molecule has 0 aliphatic carbocycles. The van der Waals surface area contributed by atoms with E-state index in [1.165, 1.54) is 6.07 Å². The van der Waals surface area contributed by atoms with Crippen molar-refractivity contribution in [2.75, 3.05) is 6.54 Å². The summed E-state index contributed by atoms with van der Waals surface area (Å²) < 4.78 is 13.4. The number of rotatable bonds is 2. The molecule has 2 aromatic rings. The van der Waals surface area contributed by atoms with Gasteiger partial charge in [0.25, 0.3) is 0 Å². The Morgan fingerprint density at radius 1 is 1.07 bits per heavy atom. The van der Waals surface area contributed by atoms with E-state index in [0.717, 1.165) is 10.9 Å². The molecule has 2 aromatic carbocycles. The molecule has 2 rings (SSSR count). The smallest absolute Gasteiger partial charge is 0.131 e. The van der Waals surface area contributed by atoms with Crippen molar-refractivity contribution in [1.82, 2.24) is 0 Å². The largest absolute Gasteiger partial charge is 0.327 e. The molecule has 15 heavy (non-hydrogen) atoms. The van der Waals surface area contributed by atoms with Crippen LogP contribution in [0.3, 0.4) is 0 Å². The zero-order valence-electron chi connectivity index (χ0n) is 8.28. The van der Waals surface area contributed by atoms with E-state index in [2.05, 4.69) is 0 Å². The van der Waals surface area contributed by atoms with Crippen LogP contribution in [0.25, 0.3) is 16.8 Å². The fraction of sp³-hybridized carbons (Fsp3) is 0.0769. The topological polar surface area (TPSA) is 26.0 Å². The summed E-state index contributed by atoms with van der Waals surface area (Å²) in [6, 6.07) is 10.7.